The largest absolute Gasteiger partial charge is 0.313 e. The normalized spacial score (nSPS) is 9.65. The minimum atomic E-state index is 0. The summed E-state index contributed by atoms with van der Waals surface area (Å²) in [5, 5.41) is 3.47. The molecule has 100 valence electrons. The zero-order valence-electron chi connectivity index (χ0n) is 10.9. The second-order valence-electron chi connectivity index (χ2n) is 4.26. The second-order valence-corrected chi connectivity index (χ2v) is 4.26. The molecule has 0 radical (unpaired) electrons. The number of aryl methyl sites for hydroxylation is 1. The summed E-state index contributed by atoms with van der Waals surface area (Å²) < 4.78 is 0. The molecule has 0 atom stereocenters. The molecule has 0 heterocycles. The summed E-state index contributed by atoms with van der Waals surface area (Å²) in [5.41, 5.74) is 2.78. The van der Waals surface area contributed by atoms with Crippen LogP contribution in [0.2, 0.25) is 0 Å². The van der Waals surface area contributed by atoms with Crippen molar-refractivity contribution in [3.05, 3.63) is 35.4 Å². The molecule has 0 fully saturated rings. The Hall–Kier alpha value is -0.280. The summed E-state index contributed by atoms with van der Waals surface area (Å²) in [6.45, 7) is 5.39. The Morgan fingerprint density at radius 2 is 1.76 bits per heavy atom. The van der Waals surface area contributed by atoms with Crippen molar-refractivity contribution in [3.63, 3.8) is 0 Å². The van der Waals surface area contributed by atoms with Gasteiger partial charge < -0.3 is 10.2 Å². The van der Waals surface area contributed by atoms with Gasteiger partial charge in [-0.15, -0.1) is 24.8 Å². The summed E-state index contributed by atoms with van der Waals surface area (Å²) in [4.78, 5) is 2.22. The van der Waals surface area contributed by atoms with Gasteiger partial charge in [0.25, 0.3) is 0 Å². The zero-order chi connectivity index (χ0) is 11.1. The van der Waals surface area contributed by atoms with Crippen LogP contribution in [0.4, 0.5) is 0 Å². The molecule has 2 nitrogen and oxygen atoms in total. The third-order valence-corrected chi connectivity index (χ3v) is 2.54. The van der Waals surface area contributed by atoms with Gasteiger partial charge in [0, 0.05) is 6.54 Å². The number of nitrogens with one attached hydrogen (secondary N) is 1. The first-order valence-electron chi connectivity index (χ1n) is 5.60. The average Bonchev–Trinajstić information content (AvgIpc) is 2.20. The van der Waals surface area contributed by atoms with E-state index in [0.29, 0.717) is 0 Å². The van der Waals surface area contributed by atoms with Gasteiger partial charge in [-0.25, -0.2) is 0 Å². The first-order valence-corrected chi connectivity index (χ1v) is 5.60. The highest BCUT2D eigenvalue weighted by Crippen LogP contribution is 2.05. The van der Waals surface area contributed by atoms with E-state index in [2.05, 4.69) is 55.5 Å². The third-order valence-electron chi connectivity index (χ3n) is 2.54. The van der Waals surface area contributed by atoms with Gasteiger partial charge >= 0.3 is 0 Å². The molecule has 0 aliphatic rings. The summed E-state index contributed by atoms with van der Waals surface area (Å²) in [6, 6.07) is 8.54. The van der Waals surface area contributed by atoms with Crippen LogP contribution in [0.1, 0.15) is 17.5 Å². The van der Waals surface area contributed by atoms with Crippen LogP contribution in [0.15, 0.2) is 24.3 Å². The second kappa shape index (κ2) is 10.8. The van der Waals surface area contributed by atoms with Crippen molar-refractivity contribution in [1.82, 2.24) is 10.2 Å². The van der Waals surface area contributed by atoms with Crippen molar-refractivity contribution in [3.8, 4) is 0 Å². The Morgan fingerprint density at radius 3 is 2.35 bits per heavy atom. The van der Waals surface area contributed by atoms with Gasteiger partial charge in [0.2, 0.25) is 0 Å². The van der Waals surface area contributed by atoms with Crippen LogP contribution in [0.5, 0.6) is 0 Å². The standard InChI is InChI=1S/C13H22N2.2ClH/c1-12-7-4-5-8-13(12)11-14-9-6-10-15(2)3;;/h4-5,7-8,14H,6,9-11H2,1-3H3;2*1H. The Bertz CT molecular complexity index is 291. The smallest absolute Gasteiger partial charge is 0.0208 e. The highest BCUT2D eigenvalue weighted by Gasteiger charge is 1.96. The molecule has 1 aromatic rings. The van der Waals surface area contributed by atoms with Crippen molar-refractivity contribution >= 4 is 24.8 Å². The molecule has 4 heteroatoms. The molecule has 0 unspecified atom stereocenters. The van der Waals surface area contributed by atoms with E-state index in [9.17, 15) is 0 Å². The van der Waals surface area contributed by atoms with E-state index in [4.69, 9.17) is 0 Å². The maximum absolute atomic E-state index is 3.47. The maximum Gasteiger partial charge on any atom is 0.0208 e. The predicted octanol–water partition coefficient (Wildman–Crippen LogP) is 2.88. The summed E-state index contributed by atoms with van der Waals surface area (Å²) in [6.07, 6.45) is 1.21. The SMILES string of the molecule is Cc1ccccc1CNCCCN(C)C.Cl.Cl. The van der Waals surface area contributed by atoms with Crippen LogP contribution in [-0.4, -0.2) is 32.1 Å². The highest BCUT2D eigenvalue weighted by molar-refractivity contribution is 5.85. The van der Waals surface area contributed by atoms with Gasteiger partial charge in [0.15, 0.2) is 0 Å². The molecule has 0 bridgehead atoms. The average molecular weight is 279 g/mol. The van der Waals surface area contributed by atoms with Crippen LogP contribution in [0.25, 0.3) is 0 Å². The molecule has 0 spiro atoms. The van der Waals surface area contributed by atoms with Gasteiger partial charge in [0.1, 0.15) is 0 Å². The van der Waals surface area contributed by atoms with E-state index in [1.165, 1.54) is 17.5 Å². The van der Waals surface area contributed by atoms with Gasteiger partial charge in [-0.2, -0.15) is 0 Å². The van der Waals surface area contributed by atoms with E-state index in [0.717, 1.165) is 19.6 Å². The number of rotatable bonds is 6. The lowest BCUT2D eigenvalue weighted by Crippen LogP contribution is -2.21. The van der Waals surface area contributed by atoms with E-state index in [1.807, 2.05) is 0 Å². The van der Waals surface area contributed by atoms with Gasteiger partial charge in [-0.3, -0.25) is 0 Å². The maximum atomic E-state index is 3.47. The predicted molar refractivity (Wildman–Crippen MR) is 80.6 cm³/mol. The highest BCUT2D eigenvalue weighted by atomic mass is 35.5. The van der Waals surface area contributed by atoms with E-state index in [1.54, 1.807) is 0 Å². The van der Waals surface area contributed by atoms with E-state index < -0.39 is 0 Å². The lowest BCUT2D eigenvalue weighted by Gasteiger charge is -2.10. The van der Waals surface area contributed by atoms with Crippen molar-refractivity contribution in [1.29, 1.82) is 0 Å². The fourth-order valence-corrected chi connectivity index (χ4v) is 1.55. The fraction of sp³-hybridized carbons (Fsp3) is 0.538. The number of nitrogens with zero attached hydrogens (tertiary/aromatic N) is 1. The first kappa shape index (κ1) is 19.1. The first-order chi connectivity index (χ1) is 7.20. The summed E-state index contributed by atoms with van der Waals surface area (Å²) in [5.74, 6) is 0. The number of hydrogen-bond donors (Lipinski definition) is 1. The molecule has 1 aromatic carbocycles. The fourth-order valence-electron chi connectivity index (χ4n) is 1.55. The van der Waals surface area contributed by atoms with Crippen molar-refractivity contribution in [2.75, 3.05) is 27.2 Å². The number of halogens is 2. The minimum absolute atomic E-state index is 0. The molecule has 0 amide bonds. The van der Waals surface area contributed by atoms with Crippen LogP contribution < -0.4 is 5.32 Å². The lowest BCUT2D eigenvalue weighted by molar-refractivity contribution is 0.394. The van der Waals surface area contributed by atoms with Crippen LogP contribution in [0.3, 0.4) is 0 Å². The Kier molecular flexibility index (Phi) is 12.2. The molecule has 1 N–H and O–H groups in total. The van der Waals surface area contributed by atoms with E-state index in [-0.39, 0.29) is 24.8 Å². The Morgan fingerprint density at radius 1 is 1.12 bits per heavy atom. The molecule has 0 aromatic heterocycles. The third kappa shape index (κ3) is 8.44. The molecule has 0 saturated carbocycles. The molecule has 0 aliphatic carbocycles. The molecule has 0 saturated heterocycles. The van der Waals surface area contributed by atoms with Crippen LogP contribution >= 0.6 is 24.8 Å². The monoisotopic (exact) mass is 278 g/mol. The van der Waals surface area contributed by atoms with Gasteiger partial charge in [-0.1, -0.05) is 24.3 Å². The number of hydrogen-bond acceptors (Lipinski definition) is 2. The summed E-state index contributed by atoms with van der Waals surface area (Å²) >= 11 is 0. The Labute approximate surface area is 118 Å². The van der Waals surface area contributed by atoms with Gasteiger partial charge in [0.05, 0.1) is 0 Å². The van der Waals surface area contributed by atoms with Crippen LogP contribution in [-0.2, 0) is 6.54 Å². The van der Waals surface area contributed by atoms with Crippen molar-refractivity contribution in [2.24, 2.45) is 0 Å². The summed E-state index contributed by atoms with van der Waals surface area (Å²) in [7, 11) is 4.22. The molecular weight excluding hydrogens is 255 g/mol. The topological polar surface area (TPSA) is 15.3 Å². The molecular formula is C13H24Cl2N2. The molecule has 17 heavy (non-hydrogen) atoms. The van der Waals surface area contributed by atoms with Crippen molar-refractivity contribution < 1.29 is 0 Å². The molecule has 1 rings (SSSR count). The van der Waals surface area contributed by atoms with E-state index >= 15 is 0 Å². The lowest BCUT2D eigenvalue weighted by atomic mass is 10.1. The van der Waals surface area contributed by atoms with Crippen molar-refractivity contribution in [2.45, 2.75) is 19.9 Å². The Balaban J connectivity index is 0. The van der Waals surface area contributed by atoms with Gasteiger partial charge in [-0.05, 0) is 51.7 Å². The molecule has 0 aliphatic heterocycles. The van der Waals surface area contributed by atoms with Crippen LogP contribution in [0, 0.1) is 6.92 Å². The quantitative estimate of drug-likeness (QED) is 0.805. The zero-order valence-corrected chi connectivity index (χ0v) is 12.5. The minimum Gasteiger partial charge on any atom is -0.313 e. The number of benzene rings is 1.